The maximum absolute atomic E-state index is 14.6. The molecule has 0 aliphatic carbocycles. The van der Waals surface area contributed by atoms with Crippen molar-refractivity contribution in [2.24, 2.45) is 7.05 Å². The van der Waals surface area contributed by atoms with Crippen LogP contribution in [0.3, 0.4) is 0 Å². The number of amides is 2. The molecule has 2 aliphatic rings. The molecule has 0 fully saturated rings. The number of hydrogen-bond acceptors (Lipinski definition) is 5. The first kappa shape index (κ1) is 32.3. The van der Waals surface area contributed by atoms with E-state index in [1.807, 2.05) is 44.3 Å². The van der Waals surface area contributed by atoms with Crippen LogP contribution in [0.25, 0.3) is 11.3 Å². The highest BCUT2D eigenvalue weighted by Crippen LogP contribution is 2.37. The Labute approximate surface area is 287 Å². The normalized spacial score (nSPS) is 15.4. The molecule has 8 nitrogen and oxygen atoms in total. The Morgan fingerprint density at radius 1 is 0.939 bits per heavy atom. The van der Waals surface area contributed by atoms with Crippen LogP contribution >= 0.6 is 11.6 Å². The third kappa shape index (κ3) is 5.80. The van der Waals surface area contributed by atoms with Gasteiger partial charge >= 0.3 is 0 Å². The Balaban J connectivity index is 1.30. The molecule has 7 rings (SSSR count). The number of hydrogen-bond donors (Lipinski definition) is 1. The predicted octanol–water partition coefficient (Wildman–Crippen LogP) is 7.56. The van der Waals surface area contributed by atoms with Crippen molar-refractivity contribution in [2.45, 2.75) is 38.8 Å². The van der Waals surface area contributed by atoms with Crippen LogP contribution in [0.15, 0.2) is 85.1 Å². The number of phenolic OH excluding ortho intramolecular Hbond substituents is 1. The molecule has 1 N–H and O–H groups in total. The summed E-state index contributed by atoms with van der Waals surface area (Å²) >= 11 is 6.48. The molecule has 0 unspecified atom stereocenters. The van der Waals surface area contributed by atoms with Gasteiger partial charge in [-0.1, -0.05) is 35.9 Å². The monoisotopic (exact) mass is 681 g/mol. The van der Waals surface area contributed by atoms with E-state index >= 15 is 0 Å². The van der Waals surface area contributed by atoms with E-state index in [4.69, 9.17) is 11.6 Å². The molecule has 0 saturated heterocycles. The number of halogens is 3. The fourth-order valence-electron chi connectivity index (χ4n) is 6.88. The van der Waals surface area contributed by atoms with Gasteiger partial charge in [0.15, 0.2) is 0 Å². The Morgan fingerprint density at radius 2 is 1.67 bits per heavy atom. The number of phenols is 1. The Morgan fingerprint density at radius 3 is 2.41 bits per heavy atom. The van der Waals surface area contributed by atoms with Crippen molar-refractivity contribution >= 4 is 40.6 Å². The van der Waals surface area contributed by atoms with Crippen molar-refractivity contribution in [1.29, 1.82) is 0 Å². The Bertz CT molecular complexity index is 2100. The molecule has 49 heavy (non-hydrogen) atoms. The molecule has 0 saturated carbocycles. The Kier molecular flexibility index (Phi) is 8.36. The molecule has 2 aromatic heterocycles. The second-order valence-electron chi connectivity index (χ2n) is 12.6. The van der Waals surface area contributed by atoms with Crippen LogP contribution in [0, 0.1) is 6.92 Å². The van der Waals surface area contributed by atoms with E-state index in [0.717, 1.165) is 35.5 Å². The molecule has 0 bridgehead atoms. The van der Waals surface area contributed by atoms with E-state index in [1.165, 1.54) is 17.0 Å². The summed E-state index contributed by atoms with van der Waals surface area (Å²) in [4.78, 5) is 38.4. The molecular weight excluding hydrogens is 648 g/mol. The van der Waals surface area contributed by atoms with Gasteiger partial charge in [-0.05, 0) is 91.1 Å². The van der Waals surface area contributed by atoms with Crippen molar-refractivity contribution in [2.75, 3.05) is 23.4 Å². The van der Waals surface area contributed by atoms with Gasteiger partial charge in [0.05, 0.1) is 23.5 Å². The van der Waals surface area contributed by atoms with Gasteiger partial charge in [0.2, 0.25) is 0 Å². The van der Waals surface area contributed by atoms with Crippen LogP contribution in [0.2, 0.25) is 5.02 Å². The number of nitrogens with zero attached hydrogens (tertiary/aromatic N) is 5. The quantitative estimate of drug-likeness (QED) is 0.200. The van der Waals surface area contributed by atoms with Crippen LogP contribution < -0.4 is 9.80 Å². The number of rotatable bonds is 6. The second kappa shape index (κ2) is 12.7. The highest BCUT2D eigenvalue weighted by atomic mass is 35.5. The number of fused-ring (bicyclic) bond motifs is 2. The number of benzene rings is 3. The van der Waals surface area contributed by atoms with Crippen molar-refractivity contribution in [3.8, 4) is 17.0 Å². The zero-order valence-corrected chi connectivity index (χ0v) is 28.0. The van der Waals surface area contributed by atoms with E-state index < -0.39 is 18.4 Å². The topological polar surface area (TPSA) is 81.9 Å². The lowest BCUT2D eigenvalue weighted by molar-refractivity contribution is 0.0142. The molecule has 3 aromatic carbocycles. The molecule has 5 aromatic rings. The van der Waals surface area contributed by atoms with Gasteiger partial charge in [-0.2, -0.15) is 0 Å². The van der Waals surface area contributed by atoms with Crippen molar-refractivity contribution < 1.29 is 23.5 Å². The number of likely N-dealkylation sites (N-methyl/N-ethyl adjacent to an activating group) is 1. The number of carbonyl (C=O) groups excluding carboxylic acids is 2. The van der Waals surface area contributed by atoms with Gasteiger partial charge in [0.25, 0.3) is 18.2 Å². The Hall–Kier alpha value is -5.22. The third-order valence-corrected chi connectivity index (χ3v) is 9.90. The average Bonchev–Trinajstić information content (AvgIpc) is 3.62. The molecule has 0 radical (unpaired) electrons. The summed E-state index contributed by atoms with van der Waals surface area (Å²) in [7, 11) is 3.76. The minimum Gasteiger partial charge on any atom is -0.508 e. The van der Waals surface area contributed by atoms with Gasteiger partial charge in [-0.25, -0.2) is 13.8 Å². The molecule has 4 heterocycles. The first-order valence-electron chi connectivity index (χ1n) is 16.0. The van der Waals surface area contributed by atoms with Crippen molar-refractivity contribution in [1.82, 2.24) is 14.5 Å². The molecule has 250 valence electrons. The fraction of sp³-hybridized carbons (Fsp3) is 0.237. The van der Waals surface area contributed by atoms with Crippen LogP contribution in [0.5, 0.6) is 5.75 Å². The number of alkyl halides is 2. The molecule has 2 amide bonds. The second-order valence-corrected chi connectivity index (χ2v) is 13.0. The minimum absolute atomic E-state index is 0.0470. The van der Waals surface area contributed by atoms with Crippen LogP contribution in [-0.4, -0.2) is 57.4 Å². The van der Waals surface area contributed by atoms with Crippen LogP contribution in [0.1, 0.15) is 43.1 Å². The average molecular weight is 682 g/mol. The first-order chi connectivity index (χ1) is 23.5. The van der Waals surface area contributed by atoms with E-state index in [-0.39, 0.29) is 30.2 Å². The van der Waals surface area contributed by atoms with Crippen molar-refractivity contribution in [3.05, 3.63) is 124 Å². The summed E-state index contributed by atoms with van der Waals surface area (Å²) in [6, 6.07) is 20.8. The minimum atomic E-state index is -2.74. The van der Waals surface area contributed by atoms with Crippen LogP contribution in [-0.2, 0) is 26.4 Å². The SMILES string of the molecule is Cc1c(C(=O)N(c2ccc(O)cc2)c2cnc3c(c2)CCN3C)cc(-c2cc(Cl)ccc2C(=O)N2Cc3ccccc3C[C@H]2C(F)F)n1C. The summed E-state index contributed by atoms with van der Waals surface area (Å²) in [5, 5.41) is 10.4. The van der Waals surface area contributed by atoms with Gasteiger partial charge < -0.3 is 19.5 Å². The summed E-state index contributed by atoms with van der Waals surface area (Å²) < 4.78 is 30.7. The molecular formula is C38H34ClF2N5O3. The fourth-order valence-corrected chi connectivity index (χ4v) is 7.05. The summed E-state index contributed by atoms with van der Waals surface area (Å²) in [5.74, 6) is 0.0356. The van der Waals surface area contributed by atoms with Gasteiger partial charge in [-0.15, -0.1) is 0 Å². The van der Waals surface area contributed by atoms with E-state index in [2.05, 4.69) is 9.88 Å². The summed E-state index contributed by atoms with van der Waals surface area (Å²) in [5.41, 5.74) is 5.88. The number of aromatic nitrogens is 2. The molecule has 0 spiro atoms. The van der Waals surface area contributed by atoms with Gasteiger partial charge in [0.1, 0.15) is 11.6 Å². The van der Waals surface area contributed by atoms with Crippen LogP contribution in [0.4, 0.5) is 26.0 Å². The highest BCUT2D eigenvalue weighted by molar-refractivity contribution is 6.31. The maximum Gasteiger partial charge on any atom is 0.264 e. The largest absolute Gasteiger partial charge is 0.508 e. The van der Waals surface area contributed by atoms with E-state index in [1.54, 1.807) is 59.1 Å². The lowest BCUT2D eigenvalue weighted by Gasteiger charge is -2.37. The number of anilines is 3. The lowest BCUT2D eigenvalue weighted by atomic mass is 9.92. The number of aromatic hydroxyl groups is 1. The molecule has 1 atom stereocenters. The predicted molar refractivity (Wildman–Crippen MR) is 186 cm³/mol. The summed E-state index contributed by atoms with van der Waals surface area (Å²) in [6.45, 7) is 2.68. The third-order valence-electron chi connectivity index (χ3n) is 9.67. The smallest absolute Gasteiger partial charge is 0.264 e. The molecule has 2 aliphatic heterocycles. The highest BCUT2D eigenvalue weighted by Gasteiger charge is 2.37. The standard InChI is InChI=1S/C38H34ClF2N5O3/c1-22-31(38(49)46(27-9-11-29(47)12-10-27)28-16-24-14-15-43(2)36(24)42-20-28)19-33(44(22)3)32-18-26(39)8-13-30(32)37(48)45-21-25-7-5-4-6-23(25)17-34(45)35(40)41/h4-13,16,18-20,34-35,47H,14-15,17,21H2,1-3H3/t34-/m0/s1. The maximum atomic E-state index is 14.6. The zero-order chi connectivity index (χ0) is 34.6. The lowest BCUT2D eigenvalue weighted by Crippen LogP contribution is -2.48. The zero-order valence-electron chi connectivity index (χ0n) is 27.2. The van der Waals surface area contributed by atoms with Gasteiger partial charge in [0, 0.05) is 60.4 Å². The van der Waals surface area contributed by atoms with Crippen molar-refractivity contribution in [3.63, 3.8) is 0 Å². The first-order valence-corrected chi connectivity index (χ1v) is 16.3. The number of pyridine rings is 1. The molecule has 11 heteroatoms. The number of carbonyl (C=O) groups is 2. The van der Waals surface area contributed by atoms with E-state index in [9.17, 15) is 23.5 Å². The summed E-state index contributed by atoms with van der Waals surface area (Å²) in [6.07, 6.45) is -0.242. The van der Waals surface area contributed by atoms with Gasteiger partial charge in [-0.3, -0.25) is 14.5 Å². The van der Waals surface area contributed by atoms with E-state index in [0.29, 0.717) is 38.9 Å².